The molecule has 160 valence electrons. The number of anilines is 4. The van der Waals surface area contributed by atoms with Crippen molar-refractivity contribution >= 4 is 28.7 Å². The highest BCUT2D eigenvalue weighted by atomic mass is 16.5. The van der Waals surface area contributed by atoms with E-state index in [9.17, 15) is 5.11 Å². The van der Waals surface area contributed by atoms with Crippen molar-refractivity contribution in [1.29, 1.82) is 0 Å². The molecule has 0 saturated carbocycles. The number of fused-ring (bicyclic) bond motifs is 1. The number of aromatic nitrogens is 4. The number of aliphatic hydroxyl groups excluding tert-OH is 1. The summed E-state index contributed by atoms with van der Waals surface area (Å²) in [5.74, 6) is 1.83. The number of nitrogens with zero attached hydrogens (tertiary/aromatic N) is 4. The minimum atomic E-state index is -0.924. The summed E-state index contributed by atoms with van der Waals surface area (Å²) in [6, 6.07) is 5.57. The average Bonchev–Trinajstić information content (AvgIpc) is 3.17. The minimum absolute atomic E-state index is 0.0752. The fourth-order valence-electron chi connectivity index (χ4n) is 3.20. The summed E-state index contributed by atoms with van der Waals surface area (Å²) in [5, 5.41) is 26.2. The molecule has 0 radical (unpaired) electrons. The van der Waals surface area contributed by atoms with E-state index in [0.29, 0.717) is 41.9 Å². The van der Waals surface area contributed by atoms with Crippen LogP contribution in [-0.4, -0.2) is 64.5 Å². The van der Waals surface area contributed by atoms with E-state index < -0.39 is 6.35 Å². The number of ether oxygens (including phenoxy) is 2. The normalized spacial score (nSPS) is 15.7. The molecule has 11 nitrogen and oxygen atoms in total. The van der Waals surface area contributed by atoms with Crippen LogP contribution in [0.25, 0.3) is 5.65 Å². The van der Waals surface area contributed by atoms with Crippen LogP contribution in [0.1, 0.15) is 12.8 Å². The van der Waals surface area contributed by atoms with Gasteiger partial charge in [0.15, 0.2) is 12.0 Å². The van der Waals surface area contributed by atoms with Gasteiger partial charge in [-0.3, -0.25) is 5.32 Å². The molecule has 0 bridgehead atoms. The first-order chi connectivity index (χ1) is 14.7. The molecule has 1 aliphatic rings. The Morgan fingerprint density at radius 2 is 2.10 bits per heavy atom. The van der Waals surface area contributed by atoms with E-state index in [-0.39, 0.29) is 6.10 Å². The Balaban J connectivity index is 1.63. The van der Waals surface area contributed by atoms with Gasteiger partial charge < -0.3 is 30.5 Å². The molecule has 5 N–H and O–H groups in total. The third-order valence-corrected chi connectivity index (χ3v) is 4.77. The summed E-state index contributed by atoms with van der Waals surface area (Å²) in [4.78, 5) is 9.05. The summed E-state index contributed by atoms with van der Waals surface area (Å²) in [6.45, 7) is 1.39. The molecule has 1 atom stereocenters. The first-order valence-corrected chi connectivity index (χ1v) is 9.83. The van der Waals surface area contributed by atoms with Gasteiger partial charge in [0.1, 0.15) is 29.1 Å². The van der Waals surface area contributed by atoms with Crippen molar-refractivity contribution in [3.63, 3.8) is 0 Å². The van der Waals surface area contributed by atoms with Crippen molar-refractivity contribution in [3.8, 4) is 5.88 Å². The number of pyridine rings is 1. The lowest BCUT2D eigenvalue weighted by molar-refractivity contribution is 0.0240. The van der Waals surface area contributed by atoms with Crippen LogP contribution in [0.5, 0.6) is 5.88 Å². The molecular weight excluding hydrogens is 388 g/mol. The largest absolute Gasteiger partial charge is 0.473 e. The van der Waals surface area contributed by atoms with Gasteiger partial charge in [0.2, 0.25) is 5.88 Å². The van der Waals surface area contributed by atoms with Crippen molar-refractivity contribution < 1.29 is 14.6 Å². The number of nitrogens with one attached hydrogen (secondary N) is 4. The highest BCUT2D eigenvalue weighted by Crippen LogP contribution is 2.29. The second-order valence-corrected chi connectivity index (χ2v) is 6.82. The third-order valence-electron chi connectivity index (χ3n) is 4.77. The predicted molar refractivity (Wildman–Crippen MR) is 113 cm³/mol. The summed E-state index contributed by atoms with van der Waals surface area (Å²) >= 11 is 0. The lowest BCUT2D eigenvalue weighted by Crippen LogP contribution is -2.32. The van der Waals surface area contributed by atoms with E-state index in [0.717, 1.165) is 18.7 Å². The highest BCUT2D eigenvalue weighted by molar-refractivity contribution is 5.73. The van der Waals surface area contributed by atoms with Crippen molar-refractivity contribution in [3.05, 3.63) is 30.6 Å². The van der Waals surface area contributed by atoms with Gasteiger partial charge in [0.05, 0.1) is 19.4 Å². The summed E-state index contributed by atoms with van der Waals surface area (Å²) in [6.07, 6.45) is 4.13. The van der Waals surface area contributed by atoms with E-state index >= 15 is 0 Å². The van der Waals surface area contributed by atoms with E-state index in [1.807, 2.05) is 18.2 Å². The molecule has 30 heavy (non-hydrogen) atoms. The zero-order valence-corrected chi connectivity index (χ0v) is 16.9. The summed E-state index contributed by atoms with van der Waals surface area (Å²) in [5.41, 5.74) is 1.85. The van der Waals surface area contributed by atoms with Gasteiger partial charge in [-0.2, -0.15) is 9.61 Å². The molecule has 4 rings (SSSR count). The van der Waals surface area contributed by atoms with Crippen molar-refractivity contribution in [2.75, 3.05) is 43.3 Å². The number of aliphatic hydroxyl groups is 1. The van der Waals surface area contributed by atoms with E-state index in [1.54, 1.807) is 31.0 Å². The van der Waals surface area contributed by atoms with E-state index in [1.165, 1.54) is 0 Å². The molecule has 4 heterocycles. The fraction of sp³-hybridized carbons (Fsp3) is 0.421. The molecule has 1 aliphatic heterocycles. The van der Waals surface area contributed by atoms with Crippen LogP contribution >= 0.6 is 0 Å². The molecular formula is C19H26N8O3. The zero-order chi connectivity index (χ0) is 20.9. The van der Waals surface area contributed by atoms with Crippen LogP contribution in [0.15, 0.2) is 30.6 Å². The van der Waals surface area contributed by atoms with Gasteiger partial charge in [0.25, 0.3) is 0 Å². The molecule has 3 aromatic heterocycles. The van der Waals surface area contributed by atoms with Gasteiger partial charge in [0, 0.05) is 32.2 Å². The Kier molecular flexibility index (Phi) is 6.12. The second-order valence-electron chi connectivity index (χ2n) is 6.82. The summed E-state index contributed by atoms with van der Waals surface area (Å²) in [7, 11) is 3.45. The highest BCUT2D eigenvalue weighted by Gasteiger charge is 2.19. The monoisotopic (exact) mass is 414 g/mol. The molecule has 0 spiro atoms. The Hall–Kier alpha value is -3.15. The van der Waals surface area contributed by atoms with Gasteiger partial charge in [-0.05, 0) is 19.2 Å². The average molecular weight is 414 g/mol. The summed E-state index contributed by atoms with van der Waals surface area (Å²) < 4.78 is 13.2. The van der Waals surface area contributed by atoms with Gasteiger partial charge >= 0.3 is 0 Å². The quantitative estimate of drug-likeness (QED) is 0.345. The maximum atomic E-state index is 9.86. The standard InChI is InChI=1S/C19H26N8O3/c1-20-16-10-15(26-17-14(11-23-27(16)17)25-19(28)21-2)24-13-4-3-7-22-18(13)30-12-5-8-29-9-6-12/h3-4,7,10-12,19-21,25,28H,5-6,8-9H2,1-2H3,(H,24,26). The van der Waals surface area contributed by atoms with Crippen LogP contribution < -0.4 is 26.0 Å². The van der Waals surface area contributed by atoms with Crippen molar-refractivity contribution in [2.24, 2.45) is 0 Å². The Labute approximate surface area is 173 Å². The molecule has 0 aliphatic carbocycles. The van der Waals surface area contributed by atoms with Gasteiger partial charge in [-0.1, -0.05) is 0 Å². The Morgan fingerprint density at radius 1 is 1.27 bits per heavy atom. The predicted octanol–water partition coefficient (Wildman–Crippen LogP) is 1.37. The van der Waals surface area contributed by atoms with Crippen LogP contribution in [-0.2, 0) is 4.74 Å². The van der Waals surface area contributed by atoms with Gasteiger partial charge in [-0.25, -0.2) is 9.97 Å². The van der Waals surface area contributed by atoms with Crippen molar-refractivity contribution in [1.82, 2.24) is 24.9 Å². The lowest BCUT2D eigenvalue weighted by Gasteiger charge is -2.23. The minimum Gasteiger partial charge on any atom is -0.473 e. The van der Waals surface area contributed by atoms with Crippen LogP contribution in [0.3, 0.4) is 0 Å². The van der Waals surface area contributed by atoms with E-state index in [2.05, 4.69) is 36.3 Å². The van der Waals surface area contributed by atoms with Crippen molar-refractivity contribution in [2.45, 2.75) is 25.3 Å². The number of hydrogen-bond acceptors (Lipinski definition) is 10. The SMILES string of the molecule is CNc1cc(Nc2cccnc2OC2CCOCC2)nc2c(NC(O)NC)cnn12. The smallest absolute Gasteiger partial charge is 0.238 e. The maximum Gasteiger partial charge on any atom is 0.238 e. The second kappa shape index (κ2) is 9.11. The molecule has 1 fully saturated rings. The number of hydrogen-bond donors (Lipinski definition) is 5. The molecule has 1 saturated heterocycles. The molecule has 1 unspecified atom stereocenters. The molecule has 0 amide bonds. The molecule has 0 aromatic carbocycles. The topological polar surface area (TPSA) is 130 Å². The van der Waals surface area contributed by atoms with Gasteiger partial charge in [-0.15, -0.1) is 0 Å². The first kappa shape index (κ1) is 20.1. The molecule has 11 heteroatoms. The Morgan fingerprint density at radius 3 is 2.87 bits per heavy atom. The van der Waals surface area contributed by atoms with E-state index in [4.69, 9.17) is 9.47 Å². The molecule has 3 aromatic rings. The first-order valence-electron chi connectivity index (χ1n) is 9.83. The van der Waals surface area contributed by atoms with Crippen LogP contribution in [0, 0.1) is 0 Å². The fourth-order valence-corrected chi connectivity index (χ4v) is 3.20. The Bertz CT molecular complexity index is 989. The number of rotatable bonds is 8. The maximum absolute atomic E-state index is 9.86. The third kappa shape index (κ3) is 4.37. The lowest BCUT2D eigenvalue weighted by atomic mass is 10.1. The van der Waals surface area contributed by atoms with Crippen LogP contribution in [0.4, 0.5) is 23.0 Å². The zero-order valence-electron chi connectivity index (χ0n) is 16.9. The van der Waals surface area contributed by atoms with Crippen LogP contribution in [0.2, 0.25) is 0 Å².